The summed E-state index contributed by atoms with van der Waals surface area (Å²) in [4.78, 5) is 22.6. The van der Waals surface area contributed by atoms with Crippen molar-refractivity contribution in [1.29, 1.82) is 0 Å². The highest BCUT2D eigenvalue weighted by molar-refractivity contribution is 7.92. The van der Waals surface area contributed by atoms with Gasteiger partial charge in [0.2, 0.25) is 0 Å². The molecule has 0 aliphatic heterocycles. The van der Waals surface area contributed by atoms with Gasteiger partial charge in [-0.25, -0.2) is 8.42 Å². The fourth-order valence-electron chi connectivity index (χ4n) is 3.71. The summed E-state index contributed by atoms with van der Waals surface area (Å²) < 4.78 is 27.4. The third kappa shape index (κ3) is 4.96. The molecule has 1 amide bonds. The maximum Gasteiger partial charge on any atom is 0.270 e. The Labute approximate surface area is 175 Å². The molecule has 1 fully saturated rings. The van der Waals surface area contributed by atoms with Crippen molar-refractivity contribution in [2.75, 3.05) is 4.72 Å². The number of nitro benzene ring substituents is 1. The second-order valence-corrected chi connectivity index (χ2v) is 9.47. The summed E-state index contributed by atoms with van der Waals surface area (Å²) >= 11 is 0. The van der Waals surface area contributed by atoms with Crippen LogP contribution >= 0.6 is 0 Å². The molecule has 2 aromatic carbocycles. The van der Waals surface area contributed by atoms with Gasteiger partial charge in [0.05, 0.1) is 9.82 Å². The van der Waals surface area contributed by atoms with Gasteiger partial charge in [0.1, 0.15) is 0 Å². The number of anilines is 1. The minimum atomic E-state index is -3.99. The first-order valence-corrected chi connectivity index (χ1v) is 11.3. The number of benzene rings is 2. The fourth-order valence-corrected chi connectivity index (χ4v) is 4.80. The molecule has 2 N–H and O–H groups in total. The Morgan fingerprint density at radius 2 is 1.80 bits per heavy atom. The summed E-state index contributed by atoms with van der Waals surface area (Å²) in [7, 11) is -3.99. The van der Waals surface area contributed by atoms with E-state index >= 15 is 0 Å². The summed E-state index contributed by atoms with van der Waals surface area (Å²) in [6, 6.07) is 11.0. The van der Waals surface area contributed by atoms with Gasteiger partial charge in [-0.1, -0.05) is 32.8 Å². The molecule has 0 heterocycles. The van der Waals surface area contributed by atoms with Crippen LogP contribution in [0.1, 0.15) is 43.5 Å². The zero-order valence-electron chi connectivity index (χ0n) is 16.9. The molecule has 3 atom stereocenters. The summed E-state index contributed by atoms with van der Waals surface area (Å²) in [6.45, 7) is 4.35. The maximum absolute atomic E-state index is 12.6. The van der Waals surface area contributed by atoms with E-state index in [1.165, 1.54) is 36.8 Å². The predicted molar refractivity (Wildman–Crippen MR) is 114 cm³/mol. The lowest BCUT2D eigenvalue weighted by atomic mass is 9.78. The molecule has 0 radical (unpaired) electrons. The maximum atomic E-state index is 12.6. The van der Waals surface area contributed by atoms with Gasteiger partial charge in [0.15, 0.2) is 0 Å². The lowest BCUT2D eigenvalue weighted by Gasteiger charge is -2.34. The van der Waals surface area contributed by atoms with Crippen molar-refractivity contribution in [1.82, 2.24) is 5.32 Å². The number of hydrogen-bond acceptors (Lipinski definition) is 5. The van der Waals surface area contributed by atoms with Gasteiger partial charge < -0.3 is 5.32 Å². The second kappa shape index (κ2) is 8.83. The molecule has 1 saturated carbocycles. The minimum Gasteiger partial charge on any atom is -0.349 e. The van der Waals surface area contributed by atoms with Crippen LogP contribution in [-0.4, -0.2) is 25.3 Å². The molecule has 8 nitrogen and oxygen atoms in total. The van der Waals surface area contributed by atoms with E-state index in [1.807, 2.05) is 0 Å². The fraction of sp³-hybridized carbons (Fsp3) is 0.381. The molecule has 30 heavy (non-hydrogen) atoms. The van der Waals surface area contributed by atoms with Gasteiger partial charge >= 0.3 is 0 Å². The van der Waals surface area contributed by atoms with E-state index in [2.05, 4.69) is 23.9 Å². The molecule has 0 bridgehead atoms. The van der Waals surface area contributed by atoms with Crippen LogP contribution in [0.5, 0.6) is 0 Å². The topological polar surface area (TPSA) is 118 Å². The van der Waals surface area contributed by atoms with E-state index in [9.17, 15) is 23.3 Å². The molecule has 2 aromatic rings. The van der Waals surface area contributed by atoms with E-state index < -0.39 is 14.9 Å². The number of rotatable bonds is 6. The van der Waals surface area contributed by atoms with E-state index in [0.29, 0.717) is 17.4 Å². The quantitative estimate of drug-likeness (QED) is 0.530. The Morgan fingerprint density at radius 3 is 2.47 bits per heavy atom. The third-order valence-electron chi connectivity index (χ3n) is 5.76. The Balaban J connectivity index is 1.69. The Hall–Kier alpha value is -2.94. The first kappa shape index (κ1) is 21.8. The van der Waals surface area contributed by atoms with Crippen LogP contribution in [-0.2, 0) is 10.0 Å². The van der Waals surface area contributed by atoms with E-state index in [-0.39, 0.29) is 28.2 Å². The predicted octanol–water partition coefficient (Wildman–Crippen LogP) is 3.95. The van der Waals surface area contributed by atoms with Crippen LogP contribution in [0.25, 0.3) is 0 Å². The number of carbonyl (C=O) groups excluding carboxylic acids is 1. The molecule has 0 aromatic heterocycles. The van der Waals surface area contributed by atoms with Gasteiger partial charge in [-0.2, -0.15) is 0 Å². The summed E-state index contributed by atoms with van der Waals surface area (Å²) in [6.07, 6.45) is 3.22. The van der Waals surface area contributed by atoms with Crippen molar-refractivity contribution in [3.05, 3.63) is 64.2 Å². The van der Waals surface area contributed by atoms with Crippen molar-refractivity contribution in [3.63, 3.8) is 0 Å². The van der Waals surface area contributed by atoms with E-state index in [4.69, 9.17) is 0 Å². The summed E-state index contributed by atoms with van der Waals surface area (Å²) in [5, 5.41) is 14.0. The summed E-state index contributed by atoms with van der Waals surface area (Å²) in [5.41, 5.74) is 0.396. The van der Waals surface area contributed by atoms with Crippen LogP contribution in [0.3, 0.4) is 0 Å². The van der Waals surface area contributed by atoms with Crippen molar-refractivity contribution >= 4 is 27.3 Å². The molecular weight excluding hydrogens is 406 g/mol. The van der Waals surface area contributed by atoms with Gasteiger partial charge in [0.25, 0.3) is 21.6 Å². The number of nitrogens with one attached hydrogen (secondary N) is 2. The smallest absolute Gasteiger partial charge is 0.270 e. The van der Waals surface area contributed by atoms with Crippen molar-refractivity contribution in [3.8, 4) is 0 Å². The zero-order valence-corrected chi connectivity index (χ0v) is 17.7. The van der Waals surface area contributed by atoms with Crippen molar-refractivity contribution < 1.29 is 18.1 Å². The number of non-ortho nitro benzene ring substituents is 1. The SMILES string of the molecule is CC1CCCC(NC(=O)c2ccc(NS(=O)(=O)c3cccc([N+](=O)[O-])c3)cc2)C1C. The third-order valence-corrected chi connectivity index (χ3v) is 7.14. The minimum absolute atomic E-state index is 0.133. The van der Waals surface area contributed by atoms with Crippen LogP contribution in [0.2, 0.25) is 0 Å². The molecule has 0 spiro atoms. The highest BCUT2D eigenvalue weighted by Crippen LogP contribution is 2.29. The van der Waals surface area contributed by atoms with Gasteiger partial charge in [-0.15, -0.1) is 0 Å². The highest BCUT2D eigenvalue weighted by Gasteiger charge is 2.28. The van der Waals surface area contributed by atoms with Gasteiger partial charge in [-0.3, -0.25) is 19.6 Å². The molecule has 3 rings (SSSR count). The number of hydrogen-bond donors (Lipinski definition) is 2. The molecule has 1 aliphatic rings. The first-order chi connectivity index (χ1) is 14.2. The molecule has 1 aliphatic carbocycles. The largest absolute Gasteiger partial charge is 0.349 e. The standard InChI is InChI=1S/C21H25N3O5S/c1-14-5-3-8-20(15(14)2)22-21(25)16-9-11-17(12-10-16)23-30(28,29)19-7-4-6-18(13-19)24(26)27/h4,6-7,9-15,20,23H,3,5,8H2,1-2H3,(H,22,25). The average Bonchev–Trinajstić information content (AvgIpc) is 2.71. The van der Waals surface area contributed by atoms with Crippen molar-refractivity contribution in [2.24, 2.45) is 11.8 Å². The lowest BCUT2D eigenvalue weighted by molar-refractivity contribution is -0.385. The molecule has 3 unspecified atom stereocenters. The Morgan fingerprint density at radius 1 is 1.10 bits per heavy atom. The molecule has 0 saturated heterocycles. The van der Waals surface area contributed by atoms with Crippen molar-refractivity contribution in [2.45, 2.75) is 44.0 Å². The van der Waals surface area contributed by atoms with Crippen LogP contribution in [0.4, 0.5) is 11.4 Å². The number of carbonyl (C=O) groups is 1. The number of nitro groups is 1. The van der Waals surface area contributed by atoms with E-state index in [0.717, 1.165) is 18.9 Å². The second-order valence-electron chi connectivity index (χ2n) is 7.78. The number of sulfonamides is 1. The first-order valence-electron chi connectivity index (χ1n) is 9.85. The van der Waals surface area contributed by atoms with Crippen LogP contribution in [0, 0.1) is 22.0 Å². The number of amides is 1. The average molecular weight is 432 g/mol. The van der Waals surface area contributed by atoms with E-state index in [1.54, 1.807) is 12.1 Å². The molecule has 9 heteroatoms. The number of nitrogens with zero attached hydrogens (tertiary/aromatic N) is 1. The van der Waals surface area contributed by atoms with Crippen LogP contribution in [0.15, 0.2) is 53.4 Å². The highest BCUT2D eigenvalue weighted by atomic mass is 32.2. The monoisotopic (exact) mass is 431 g/mol. The van der Waals surface area contributed by atoms with Gasteiger partial charge in [-0.05, 0) is 48.6 Å². The van der Waals surface area contributed by atoms with Gasteiger partial charge in [0, 0.05) is 29.4 Å². The van der Waals surface area contributed by atoms with Crippen LogP contribution < -0.4 is 10.0 Å². The zero-order chi connectivity index (χ0) is 21.9. The lowest BCUT2D eigenvalue weighted by Crippen LogP contribution is -2.43. The molecule has 160 valence electrons. The Kier molecular flexibility index (Phi) is 6.40. The summed E-state index contributed by atoms with van der Waals surface area (Å²) in [5.74, 6) is 0.785. The normalized spacial score (nSPS) is 21.6. The Bertz CT molecular complexity index is 1040. The molecular formula is C21H25N3O5S.